The molecule has 0 aliphatic carbocycles. The lowest BCUT2D eigenvalue weighted by atomic mass is 10.1. The van der Waals surface area contributed by atoms with E-state index >= 15 is 0 Å². The van der Waals surface area contributed by atoms with Crippen LogP contribution < -0.4 is 10.2 Å². The Bertz CT molecular complexity index is 885. The maximum Gasteiger partial charge on any atom is 0.335 e. The predicted octanol–water partition coefficient (Wildman–Crippen LogP) is 2.62. The quantitative estimate of drug-likeness (QED) is 0.666. The fourth-order valence-electron chi connectivity index (χ4n) is 2.55. The van der Waals surface area contributed by atoms with Gasteiger partial charge in [0.25, 0.3) is 11.8 Å². The summed E-state index contributed by atoms with van der Waals surface area (Å²) in [5, 5.41) is 11.7. The van der Waals surface area contributed by atoms with E-state index in [0.717, 1.165) is 16.9 Å². The van der Waals surface area contributed by atoms with E-state index in [-0.39, 0.29) is 11.3 Å². The number of benzene rings is 2. The molecule has 1 fully saturated rings. The molecule has 6 nitrogen and oxygen atoms in total. The van der Waals surface area contributed by atoms with Crippen molar-refractivity contribution in [2.75, 3.05) is 4.90 Å². The van der Waals surface area contributed by atoms with Crippen molar-refractivity contribution in [2.24, 2.45) is 0 Å². The Hall–Kier alpha value is -3.41. The Morgan fingerprint density at radius 2 is 1.80 bits per heavy atom. The summed E-state index contributed by atoms with van der Waals surface area (Å²) in [6.07, 6.45) is 2.18. The molecular weight excluding hydrogens is 320 g/mol. The molecule has 0 unspecified atom stereocenters. The number of amides is 4. The van der Waals surface area contributed by atoms with Crippen molar-refractivity contribution in [2.45, 2.75) is 13.3 Å². The van der Waals surface area contributed by atoms with Gasteiger partial charge in [0.15, 0.2) is 0 Å². The van der Waals surface area contributed by atoms with Crippen LogP contribution in [0.1, 0.15) is 18.1 Å². The summed E-state index contributed by atoms with van der Waals surface area (Å²) in [5.41, 5.74) is 1.76. The summed E-state index contributed by atoms with van der Waals surface area (Å²) in [4.78, 5) is 37.8. The summed E-state index contributed by atoms with van der Waals surface area (Å²) in [6, 6.07) is 12.3. The molecule has 1 saturated heterocycles. The highest BCUT2D eigenvalue weighted by Gasteiger charge is 2.36. The summed E-state index contributed by atoms with van der Waals surface area (Å²) in [5.74, 6) is -1.46. The van der Waals surface area contributed by atoms with E-state index in [1.165, 1.54) is 18.2 Å². The maximum atomic E-state index is 12.7. The van der Waals surface area contributed by atoms with Gasteiger partial charge in [0, 0.05) is 0 Å². The molecule has 0 radical (unpaired) electrons. The van der Waals surface area contributed by atoms with Gasteiger partial charge in [-0.1, -0.05) is 31.2 Å². The van der Waals surface area contributed by atoms with Crippen LogP contribution in [0, 0.1) is 0 Å². The first-order valence-electron chi connectivity index (χ1n) is 7.79. The monoisotopic (exact) mass is 336 g/mol. The number of hydrogen-bond donors (Lipinski definition) is 2. The minimum Gasteiger partial charge on any atom is -0.508 e. The molecule has 0 spiro atoms. The Balaban J connectivity index is 1.99. The highest BCUT2D eigenvalue weighted by atomic mass is 16.3. The number of hydrogen-bond acceptors (Lipinski definition) is 4. The number of carbonyl (C=O) groups excluding carboxylic acids is 3. The first-order chi connectivity index (χ1) is 12.0. The number of phenolic OH excluding ortho intramolecular Hbond substituents is 1. The van der Waals surface area contributed by atoms with Gasteiger partial charge in [0.05, 0.1) is 5.69 Å². The van der Waals surface area contributed by atoms with E-state index in [9.17, 15) is 19.5 Å². The number of phenols is 1. The molecule has 0 atom stereocenters. The summed E-state index contributed by atoms with van der Waals surface area (Å²) < 4.78 is 0. The first-order valence-corrected chi connectivity index (χ1v) is 7.79. The van der Waals surface area contributed by atoms with Gasteiger partial charge < -0.3 is 5.11 Å². The molecule has 1 aliphatic heterocycles. The smallest absolute Gasteiger partial charge is 0.335 e. The standard InChI is InChI=1S/C19H16N2O4/c1-2-12-6-8-14(9-7-12)21-18(24)16(17(23)20-19(21)25)11-13-4-3-5-15(22)10-13/h3-11,22H,2H2,1H3,(H,20,23,25)/b16-11-. The summed E-state index contributed by atoms with van der Waals surface area (Å²) in [6.45, 7) is 2.00. The van der Waals surface area contributed by atoms with E-state index in [1.54, 1.807) is 24.3 Å². The van der Waals surface area contributed by atoms with Crippen molar-refractivity contribution in [3.05, 3.63) is 65.2 Å². The average Bonchev–Trinajstić information content (AvgIpc) is 2.59. The van der Waals surface area contributed by atoms with Crippen molar-refractivity contribution in [3.8, 4) is 5.75 Å². The molecule has 2 N–H and O–H groups in total. The fourth-order valence-corrected chi connectivity index (χ4v) is 2.55. The highest BCUT2D eigenvalue weighted by Crippen LogP contribution is 2.23. The van der Waals surface area contributed by atoms with Gasteiger partial charge in [0.1, 0.15) is 11.3 Å². The van der Waals surface area contributed by atoms with E-state index < -0.39 is 17.8 Å². The molecule has 0 aromatic heterocycles. The van der Waals surface area contributed by atoms with Crippen LogP contribution in [0.2, 0.25) is 0 Å². The lowest BCUT2D eigenvalue weighted by Gasteiger charge is -2.26. The van der Waals surface area contributed by atoms with Crippen LogP contribution in [0.25, 0.3) is 6.08 Å². The van der Waals surface area contributed by atoms with Crippen LogP contribution in [0.4, 0.5) is 10.5 Å². The van der Waals surface area contributed by atoms with Gasteiger partial charge in [-0.15, -0.1) is 0 Å². The van der Waals surface area contributed by atoms with Crippen molar-refractivity contribution in [1.29, 1.82) is 0 Å². The molecule has 25 heavy (non-hydrogen) atoms. The van der Waals surface area contributed by atoms with Crippen LogP contribution in [0.5, 0.6) is 5.75 Å². The largest absolute Gasteiger partial charge is 0.508 e. The predicted molar refractivity (Wildman–Crippen MR) is 92.9 cm³/mol. The summed E-state index contributed by atoms with van der Waals surface area (Å²) >= 11 is 0. The number of nitrogens with one attached hydrogen (secondary N) is 1. The molecule has 2 aromatic rings. The Morgan fingerprint density at radius 1 is 1.08 bits per heavy atom. The molecule has 6 heteroatoms. The van der Waals surface area contributed by atoms with Crippen LogP contribution in [-0.2, 0) is 16.0 Å². The Labute approximate surface area is 144 Å². The van der Waals surface area contributed by atoms with Gasteiger partial charge in [-0.25, -0.2) is 9.69 Å². The van der Waals surface area contributed by atoms with Crippen molar-refractivity contribution in [3.63, 3.8) is 0 Å². The topological polar surface area (TPSA) is 86.7 Å². The molecule has 0 bridgehead atoms. The number of carbonyl (C=O) groups is 3. The van der Waals surface area contributed by atoms with Crippen LogP contribution in [0.15, 0.2) is 54.1 Å². The zero-order valence-electron chi connectivity index (χ0n) is 13.5. The van der Waals surface area contributed by atoms with Gasteiger partial charge in [-0.05, 0) is 47.9 Å². The molecule has 2 aromatic carbocycles. The third-order valence-corrected chi connectivity index (χ3v) is 3.89. The number of aromatic hydroxyl groups is 1. The van der Waals surface area contributed by atoms with Crippen LogP contribution in [-0.4, -0.2) is 23.0 Å². The van der Waals surface area contributed by atoms with E-state index in [0.29, 0.717) is 11.3 Å². The molecule has 4 amide bonds. The second-order valence-corrected chi connectivity index (χ2v) is 5.57. The van der Waals surface area contributed by atoms with E-state index in [4.69, 9.17) is 0 Å². The number of nitrogens with zero attached hydrogens (tertiary/aromatic N) is 1. The minimum atomic E-state index is -0.785. The van der Waals surface area contributed by atoms with Gasteiger partial charge >= 0.3 is 6.03 Å². The number of anilines is 1. The molecule has 1 aliphatic rings. The first kappa shape index (κ1) is 16.4. The second-order valence-electron chi connectivity index (χ2n) is 5.57. The number of barbiturate groups is 1. The number of urea groups is 1. The molecule has 126 valence electrons. The van der Waals surface area contributed by atoms with Gasteiger partial charge in [-0.3, -0.25) is 14.9 Å². The third-order valence-electron chi connectivity index (χ3n) is 3.89. The van der Waals surface area contributed by atoms with Crippen molar-refractivity contribution in [1.82, 2.24) is 5.32 Å². The number of aryl methyl sites for hydroxylation is 1. The lowest BCUT2D eigenvalue weighted by molar-refractivity contribution is -0.122. The SMILES string of the molecule is CCc1ccc(N2C(=O)NC(=O)/C(=C/c3cccc(O)c3)C2=O)cc1. The maximum absolute atomic E-state index is 12.7. The van der Waals surface area contributed by atoms with E-state index in [1.807, 2.05) is 19.1 Å². The third kappa shape index (κ3) is 3.28. The van der Waals surface area contributed by atoms with Gasteiger partial charge in [0.2, 0.25) is 0 Å². The number of rotatable bonds is 3. The molecule has 3 rings (SSSR count). The second kappa shape index (κ2) is 6.60. The molecule has 0 saturated carbocycles. The lowest BCUT2D eigenvalue weighted by Crippen LogP contribution is -2.54. The van der Waals surface area contributed by atoms with Crippen molar-refractivity contribution >= 4 is 29.6 Å². The average molecular weight is 336 g/mol. The Morgan fingerprint density at radius 3 is 2.44 bits per heavy atom. The van der Waals surface area contributed by atoms with E-state index in [2.05, 4.69) is 5.32 Å². The molecule has 1 heterocycles. The summed E-state index contributed by atoms with van der Waals surface area (Å²) in [7, 11) is 0. The minimum absolute atomic E-state index is 0.0149. The van der Waals surface area contributed by atoms with Crippen molar-refractivity contribution < 1.29 is 19.5 Å². The number of imide groups is 2. The zero-order chi connectivity index (χ0) is 18.0. The molecular formula is C19H16N2O4. The Kier molecular flexibility index (Phi) is 4.35. The van der Waals surface area contributed by atoms with Crippen LogP contribution >= 0.6 is 0 Å². The fraction of sp³-hybridized carbons (Fsp3) is 0.105. The highest BCUT2D eigenvalue weighted by molar-refractivity contribution is 6.39. The normalized spacial score (nSPS) is 16.3. The zero-order valence-corrected chi connectivity index (χ0v) is 13.5. The van der Waals surface area contributed by atoms with Crippen LogP contribution in [0.3, 0.4) is 0 Å². The van der Waals surface area contributed by atoms with Gasteiger partial charge in [-0.2, -0.15) is 0 Å².